The lowest BCUT2D eigenvalue weighted by Crippen LogP contribution is -2.48. The van der Waals surface area contributed by atoms with Crippen LogP contribution in [0.25, 0.3) is 0 Å². The maximum absolute atomic E-state index is 10.1. The molecule has 0 aliphatic carbocycles. The molecular formula is C5H11N3O. The summed E-state index contributed by atoms with van der Waals surface area (Å²) >= 11 is 0. The first-order valence-electron chi connectivity index (χ1n) is 3.02. The van der Waals surface area contributed by atoms with Gasteiger partial charge >= 0.3 is 0 Å². The summed E-state index contributed by atoms with van der Waals surface area (Å²) in [5, 5.41) is 1.72. The van der Waals surface area contributed by atoms with Crippen LogP contribution < -0.4 is 5.84 Å². The molecule has 0 bridgehead atoms. The van der Waals surface area contributed by atoms with Gasteiger partial charge in [-0.05, 0) is 0 Å². The zero-order valence-corrected chi connectivity index (χ0v) is 5.29. The number of hydrogen-bond donors (Lipinski definition) is 1. The van der Waals surface area contributed by atoms with Gasteiger partial charge in [0.1, 0.15) is 0 Å². The third kappa shape index (κ3) is 1.65. The van der Waals surface area contributed by atoms with Crippen LogP contribution in [-0.2, 0) is 4.79 Å². The van der Waals surface area contributed by atoms with E-state index in [1.54, 1.807) is 9.91 Å². The summed E-state index contributed by atoms with van der Waals surface area (Å²) < 4.78 is 0. The van der Waals surface area contributed by atoms with Crippen LogP contribution in [0.1, 0.15) is 0 Å². The normalized spacial score (nSPS) is 22.1. The van der Waals surface area contributed by atoms with Crippen LogP contribution in [0.2, 0.25) is 0 Å². The minimum absolute atomic E-state index is 0.764. The average Bonchev–Trinajstić information content (AvgIpc) is 1.90. The van der Waals surface area contributed by atoms with E-state index >= 15 is 0 Å². The van der Waals surface area contributed by atoms with Crippen LogP contribution in [0.4, 0.5) is 0 Å². The molecule has 1 heterocycles. The second kappa shape index (κ2) is 2.80. The smallest absolute Gasteiger partial charge is 0.209 e. The Balaban J connectivity index is 2.26. The molecule has 9 heavy (non-hydrogen) atoms. The van der Waals surface area contributed by atoms with E-state index in [0.29, 0.717) is 0 Å². The standard InChI is InChI=1S/C5H11N3O/c6-8-3-1-7(5-9)2-4-8/h5H,1-4,6H2. The van der Waals surface area contributed by atoms with E-state index in [0.717, 1.165) is 32.6 Å². The molecule has 1 aliphatic rings. The van der Waals surface area contributed by atoms with Crippen molar-refractivity contribution in [3.05, 3.63) is 0 Å². The number of hydrogen-bond acceptors (Lipinski definition) is 3. The van der Waals surface area contributed by atoms with E-state index < -0.39 is 0 Å². The highest BCUT2D eigenvalue weighted by Crippen LogP contribution is 1.92. The summed E-state index contributed by atoms with van der Waals surface area (Å²) in [6.45, 7) is 3.11. The van der Waals surface area contributed by atoms with Crippen molar-refractivity contribution < 1.29 is 4.79 Å². The van der Waals surface area contributed by atoms with E-state index in [-0.39, 0.29) is 0 Å². The number of hydrazine groups is 1. The van der Waals surface area contributed by atoms with Crippen LogP contribution in [0, 0.1) is 0 Å². The van der Waals surface area contributed by atoms with Gasteiger partial charge in [0.2, 0.25) is 6.41 Å². The molecule has 0 unspecified atom stereocenters. The monoisotopic (exact) mass is 129 g/mol. The van der Waals surface area contributed by atoms with Crippen molar-refractivity contribution in [3.8, 4) is 0 Å². The van der Waals surface area contributed by atoms with Crippen LogP contribution in [0.5, 0.6) is 0 Å². The number of rotatable bonds is 1. The van der Waals surface area contributed by atoms with Crippen LogP contribution >= 0.6 is 0 Å². The number of carbonyl (C=O) groups excluding carboxylic acids is 1. The molecule has 4 nitrogen and oxygen atoms in total. The Morgan fingerprint density at radius 2 is 1.78 bits per heavy atom. The molecule has 1 saturated heterocycles. The van der Waals surface area contributed by atoms with Gasteiger partial charge in [-0.1, -0.05) is 0 Å². The summed E-state index contributed by atoms with van der Waals surface area (Å²) in [6, 6.07) is 0. The lowest BCUT2D eigenvalue weighted by molar-refractivity contribution is -0.119. The number of nitrogens with zero attached hydrogens (tertiary/aromatic N) is 2. The SMILES string of the molecule is NN1CCN(C=O)CC1. The summed E-state index contributed by atoms with van der Waals surface area (Å²) in [4.78, 5) is 11.9. The minimum Gasteiger partial charge on any atom is -0.343 e. The maximum atomic E-state index is 10.1. The predicted octanol–water partition coefficient (Wildman–Crippen LogP) is -1.37. The van der Waals surface area contributed by atoms with Gasteiger partial charge in [-0.3, -0.25) is 10.6 Å². The Bertz CT molecular complexity index is 98.4. The number of carbonyl (C=O) groups is 1. The predicted molar refractivity (Wildman–Crippen MR) is 33.4 cm³/mol. The molecular weight excluding hydrogens is 118 g/mol. The fourth-order valence-corrected chi connectivity index (χ4v) is 0.843. The van der Waals surface area contributed by atoms with Gasteiger partial charge < -0.3 is 4.90 Å². The quantitative estimate of drug-likeness (QED) is 0.351. The first kappa shape index (κ1) is 6.51. The van der Waals surface area contributed by atoms with E-state index in [2.05, 4.69) is 0 Å². The summed E-state index contributed by atoms with van der Waals surface area (Å²) in [5.74, 6) is 5.44. The van der Waals surface area contributed by atoms with E-state index in [4.69, 9.17) is 5.84 Å². The Labute approximate surface area is 54.2 Å². The van der Waals surface area contributed by atoms with Crippen molar-refractivity contribution in [2.45, 2.75) is 0 Å². The van der Waals surface area contributed by atoms with Gasteiger partial charge in [0.05, 0.1) is 0 Å². The Morgan fingerprint density at radius 1 is 1.22 bits per heavy atom. The van der Waals surface area contributed by atoms with Gasteiger partial charge in [-0.15, -0.1) is 0 Å². The van der Waals surface area contributed by atoms with Crippen LogP contribution in [0.15, 0.2) is 0 Å². The molecule has 1 rings (SSSR count). The Morgan fingerprint density at radius 3 is 2.22 bits per heavy atom. The average molecular weight is 129 g/mol. The molecule has 0 aromatic heterocycles. The third-order valence-electron chi connectivity index (χ3n) is 1.50. The highest BCUT2D eigenvalue weighted by atomic mass is 16.1. The lowest BCUT2D eigenvalue weighted by atomic mass is 10.4. The van der Waals surface area contributed by atoms with Crippen molar-refractivity contribution in [3.63, 3.8) is 0 Å². The molecule has 0 aromatic rings. The largest absolute Gasteiger partial charge is 0.343 e. The van der Waals surface area contributed by atoms with Crippen molar-refractivity contribution in [2.75, 3.05) is 26.2 Å². The molecule has 0 radical (unpaired) electrons. The van der Waals surface area contributed by atoms with Gasteiger partial charge in [0, 0.05) is 26.2 Å². The number of nitrogens with two attached hydrogens (primary N) is 1. The molecule has 0 aromatic carbocycles. The molecule has 1 amide bonds. The van der Waals surface area contributed by atoms with E-state index in [1.807, 2.05) is 0 Å². The van der Waals surface area contributed by atoms with Gasteiger partial charge in [0.25, 0.3) is 0 Å². The fourth-order valence-electron chi connectivity index (χ4n) is 0.843. The molecule has 0 spiro atoms. The Kier molecular flexibility index (Phi) is 2.02. The summed E-state index contributed by atoms with van der Waals surface area (Å²) in [5.41, 5.74) is 0. The molecule has 2 N–H and O–H groups in total. The van der Waals surface area contributed by atoms with Crippen LogP contribution in [0.3, 0.4) is 0 Å². The van der Waals surface area contributed by atoms with E-state index in [1.165, 1.54) is 0 Å². The molecule has 0 atom stereocenters. The molecule has 0 saturated carbocycles. The molecule has 52 valence electrons. The summed E-state index contributed by atoms with van der Waals surface area (Å²) in [6.07, 6.45) is 0.868. The topological polar surface area (TPSA) is 49.6 Å². The Hall–Kier alpha value is -0.610. The van der Waals surface area contributed by atoms with Crippen molar-refractivity contribution in [1.29, 1.82) is 0 Å². The van der Waals surface area contributed by atoms with E-state index in [9.17, 15) is 4.79 Å². The second-order valence-electron chi connectivity index (χ2n) is 2.18. The summed E-state index contributed by atoms with van der Waals surface area (Å²) in [7, 11) is 0. The lowest BCUT2D eigenvalue weighted by Gasteiger charge is -2.28. The zero-order valence-electron chi connectivity index (χ0n) is 5.29. The van der Waals surface area contributed by atoms with Crippen LogP contribution in [-0.4, -0.2) is 42.5 Å². The first-order chi connectivity index (χ1) is 4.33. The van der Waals surface area contributed by atoms with Gasteiger partial charge in [-0.2, -0.15) is 0 Å². The van der Waals surface area contributed by atoms with Crippen molar-refractivity contribution in [1.82, 2.24) is 9.91 Å². The van der Waals surface area contributed by atoms with Crippen molar-refractivity contribution >= 4 is 6.41 Å². The van der Waals surface area contributed by atoms with Crippen molar-refractivity contribution in [2.24, 2.45) is 5.84 Å². The number of piperazine rings is 1. The zero-order chi connectivity index (χ0) is 6.69. The van der Waals surface area contributed by atoms with Gasteiger partial charge in [0.15, 0.2) is 0 Å². The third-order valence-corrected chi connectivity index (χ3v) is 1.50. The number of amides is 1. The second-order valence-corrected chi connectivity index (χ2v) is 2.18. The maximum Gasteiger partial charge on any atom is 0.209 e. The molecule has 1 fully saturated rings. The van der Waals surface area contributed by atoms with Gasteiger partial charge in [-0.25, -0.2) is 5.01 Å². The molecule has 1 aliphatic heterocycles. The molecule has 4 heteroatoms. The highest BCUT2D eigenvalue weighted by Gasteiger charge is 2.10. The fraction of sp³-hybridized carbons (Fsp3) is 0.800. The first-order valence-corrected chi connectivity index (χ1v) is 3.02. The highest BCUT2D eigenvalue weighted by molar-refractivity contribution is 5.47. The minimum atomic E-state index is 0.764.